The minimum Gasteiger partial charge on any atom is -0.294 e. The molecule has 1 fully saturated rings. The lowest BCUT2D eigenvalue weighted by molar-refractivity contribution is -0.135. The van der Waals surface area contributed by atoms with Gasteiger partial charge in [0, 0.05) is 14.1 Å². The van der Waals surface area contributed by atoms with E-state index in [0.717, 1.165) is 0 Å². The van der Waals surface area contributed by atoms with Crippen LogP contribution in [0.1, 0.15) is 0 Å². The normalized spacial score (nSPS) is 27.3. The first-order chi connectivity index (χ1) is 5.16. The number of nitrogens with one attached hydrogen (secondary N) is 1. The van der Waals surface area contributed by atoms with Crippen LogP contribution in [0.3, 0.4) is 0 Å². The van der Waals surface area contributed by atoms with Crippen molar-refractivity contribution in [1.82, 2.24) is 15.3 Å². The highest BCUT2D eigenvalue weighted by Crippen LogP contribution is 2.03. The molecule has 11 heavy (non-hydrogen) atoms. The van der Waals surface area contributed by atoms with Gasteiger partial charge in [0.2, 0.25) is 5.78 Å². The molecule has 0 amide bonds. The summed E-state index contributed by atoms with van der Waals surface area (Å²) in [6.45, 7) is 0.598. The maximum atomic E-state index is 10.9. The number of ketones is 1. The number of hydrogen-bond donors (Lipinski definition) is 1. The largest absolute Gasteiger partial charge is 0.294 e. The van der Waals surface area contributed by atoms with E-state index >= 15 is 0 Å². The summed E-state index contributed by atoms with van der Waals surface area (Å²) >= 11 is 0. The Bertz CT molecular complexity index is 183. The van der Waals surface area contributed by atoms with Crippen molar-refractivity contribution in [3.8, 4) is 0 Å². The van der Waals surface area contributed by atoms with Crippen molar-refractivity contribution < 1.29 is 9.59 Å². The molecule has 0 saturated carbocycles. The zero-order chi connectivity index (χ0) is 8.43. The van der Waals surface area contributed by atoms with Gasteiger partial charge in [0.15, 0.2) is 6.29 Å². The van der Waals surface area contributed by atoms with Crippen LogP contribution in [0.4, 0.5) is 0 Å². The van der Waals surface area contributed by atoms with Crippen LogP contribution < -0.4 is 5.32 Å². The number of hydrogen-bond acceptors (Lipinski definition) is 5. The number of carbonyl (C=O) groups excluding carboxylic acids is 2. The third kappa shape index (κ3) is 1.45. The van der Waals surface area contributed by atoms with Gasteiger partial charge in [-0.15, -0.1) is 0 Å². The fourth-order valence-electron chi connectivity index (χ4n) is 1.01. The summed E-state index contributed by atoms with van der Waals surface area (Å²) in [4.78, 5) is 21.0. The van der Waals surface area contributed by atoms with Crippen molar-refractivity contribution >= 4 is 12.1 Å². The summed E-state index contributed by atoms with van der Waals surface area (Å²) in [5.74, 6) is -0.433. The molecule has 1 saturated heterocycles. The summed E-state index contributed by atoms with van der Waals surface area (Å²) in [6.07, 6.45) is -0.134. The molecule has 0 aromatic carbocycles. The summed E-state index contributed by atoms with van der Waals surface area (Å²) in [5, 5.41) is 6.39. The molecule has 62 valence electrons. The maximum absolute atomic E-state index is 10.9. The number of likely N-dealkylation sites (N-methyl/N-ethyl adjacent to an activating group) is 1. The van der Waals surface area contributed by atoms with Gasteiger partial charge < -0.3 is 0 Å². The van der Waals surface area contributed by atoms with Crippen LogP contribution in [0.25, 0.3) is 0 Å². The molecule has 1 aliphatic rings. The fraction of sp³-hybridized carbons (Fsp3) is 0.667. The first kappa shape index (κ1) is 8.32. The summed E-state index contributed by atoms with van der Waals surface area (Å²) < 4.78 is 0. The SMILES string of the molecule is CN1CNC(C(=O)C=O)N1C. The predicted octanol–water partition coefficient (Wildman–Crippen LogP) is -1.58. The van der Waals surface area contributed by atoms with Gasteiger partial charge in [0.05, 0.1) is 6.67 Å². The third-order valence-electron chi connectivity index (χ3n) is 1.81. The Labute approximate surface area is 64.9 Å². The molecule has 5 heteroatoms. The topological polar surface area (TPSA) is 52.7 Å². The highest BCUT2D eigenvalue weighted by molar-refractivity contribution is 6.27. The molecule has 0 aromatic heterocycles. The van der Waals surface area contributed by atoms with Crippen LogP contribution in [-0.4, -0.2) is 49.0 Å². The highest BCUT2D eigenvalue weighted by Gasteiger charge is 2.30. The molecule has 1 rings (SSSR count). The van der Waals surface area contributed by atoms with E-state index in [4.69, 9.17) is 0 Å². The Hall–Kier alpha value is -0.780. The molecular weight excluding hydrogens is 146 g/mol. The maximum Gasteiger partial charge on any atom is 0.228 e. The van der Waals surface area contributed by atoms with Crippen molar-refractivity contribution in [3.63, 3.8) is 0 Å². The van der Waals surface area contributed by atoms with Crippen LogP contribution in [0.5, 0.6) is 0 Å². The molecular formula is C6H11N3O2. The van der Waals surface area contributed by atoms with Gasteiger partial charge in [-0.3, -0.25) is 14.9 Å². The lowest BCUT2D eigenvalue weighted by Gasteiger charge is -2.20. The van der Waals surface area contributed by atoms with E-state index < -0.39 is 11.9 Å². The van der Waals surface area contributed by atoms with Crippen molar-refractivity contribution in [3.05, 3.63) is 0 Å². The molecule has 0 bridgehead atoms. The van der Waals surface area contributed by atoms with Gasteiger partial charge in [-0.1, -0.05) is 0 Å². The average Bonchev–Trinajstić information content (AvgIpc) is 2.32. The second-order valence-electron chi connectivity index (χ2n) is 2.52. The molecule has 0 aliphatic carbocycles. The van der Waals surface area contributed by atoms with Crippen molar-refractivity contribution in [1.29, 1.82) is 0 Å². The molecule has 1 unspecified atom stereocenters. The van der Waals surface area contributed by atoms with Gasteiger partial charge in [-0.05, 0) is 0 Å². The zero-order valence-electron chi connectivity index (χ0n) is 6.57. The monoisotopic (exact) mass is 157 g/mol. The molecule has 0 aromatic rings. The fourth-order valence-corrected chi connectivity index (χ4v) is 1.01. The number of rotatable bonds is 2. The van der Waals surface area contributed by atoms with E-state index in [0.29, 0.717) is 13.0 Å². The Balaban J connectivity index is 2.61. The molecule has 0 radical (unpaired) electrons. The van der Waals surface area contributed by atoms with E-state index in [1.165, 1.54) is 0 Å². The quantitative estimate of drug-likeness (QED) is 0.387. The van der Waals surface area contributed by atoms with Crippen molar-refractivity contribution in [2.45, 2.75) is 6.17 Å². The number of Topliss-reactive ketones (excluding diaryl/α,β-unsaturated/α-hetero) is 1. The zero-order valence-corrected chi connectivity index (χ0v) is 6.57. The van der Waals surface area contributed by atoms with Gasteiger partial charge in [0.1, 0.15) is 6.17 Å². The Morgan fingerprint density at radius 2 is 2.27 bits per heavy atom. The summed E-state index contributed by atoms with van der Waals surface area (Å²) in [6, 6.07) is 0. The van der Waals surface area contributed by atoms with Crippen LogP contribution >= 0.6 is 0 Å². The third-order valence-corrected chi connectivity index (χ3v) is 1.81. The minimum absolute atomic E-state index is 0.341. The van der Waals surface area contributed by atoms with Gasteiger partial charge in [-0.2, -0.15) is 0 Å². The summed E-state index contributed by atoms with van der Waals surface area (Å²) in [7, 11) is 3.59. The van der Waals surface area contributed by atoms with Crippen LogP contribution in [-0.2, 0) is 9.59 Å². The van der Waals surface area contributed by atoms with Gasteiger partial charge in [-0.25, -0.2) is 10.0 Å². The standard InChI is InChI=1S/C6H11N3O2/c1-8-4-7-6(9(8)2)5(11)3-10/h3,6-7H,4H2,1-2H3. The lowest BCUT2D eigenvalue weighted by Crippen LogP contribution is -2.43. The molecule has 1 aliphatic heterocycles. The minimum atomic E-state index is -0.475. The number of nitrogens with zero attached hydrogens (tertiary/aromatic N) is 2. The first-order valence-electron chi connectivity index (χ1n) is 3.33. The van der Waals surface area contributed by atoms with Crippen molar-refractivity contribution in [2.24, 2.45) is 0 Å². The molecule has 0 spiro atoms. The lowest BCUT2D eigenvalue weighted by atomic mass is 10.3. The van der Waals surface area contributed by atoms with Gasteiger partial charge >= 0.3 is 0 Å². The van der Waals surface area contributed by atoms with Crippen LogP contribution in [0.15, 0.2) is 0 Å². The van der Waals surface area contributed by atoms with Crippen LogP contribution in [0, 0.1) is 0 Å². The molecule has 1 N–H and O–H groups in total. The van der Waals surface area contributed by atoms with E-state index in [2.05, 4.69) is 5.32 Å². The second-order valence-corrected chi connectivity index (χ2v) is 2.52. The van der Waals surface area contributed by atoms with E-state index in [1.807, 2.05) is 12.1 Å². The van der Waals surface area contributed by atoms with E-state index in [1.54, 1.807) is 12.1 Å². The number of carbonyl (C=O) groups is 2. The molecule has 5 nitrogen and oxygen atoms in total. The summed E-state index contributed by atoms with van der Waals surface area (Å²) in [5.41, 5.74) is 0. The number of aldehydes is 1. The Kier molecular flexibility index (Phi) is 2.33. The average molecular weight is 157 g/mol. The Morgan fingerprint density at radius 1 is 1.64 bits per heavy atom. The molecule has 1 atom stereocenters. The highest BCUT2D eigenvalue weighted by atomic mass is 16.2. The van der Waals surface area contributed by atoms with Crippen molar-refractivity contribution in [2.75, 3.05) is 20.8 Å². The van der Waals surface area contributed by atoms with Crippen LogP contribution in [0.2, 0.25) is 0 Å². The smallest absolute Gasteiger partial charge is 0.228 e. The van der Waals surface area contributed by atoms with Gasteiger partial charge in [0.25, 0.3) is 0 Å². The second kappa shape index (κ2) is 3.08. The van der Waals surface area contributed by atoms with E-state index in [-0.39, 0.29) is 0 Å². The number of hydrazine groups is 1. The Morgan fingerprint density at radius 3 is 2.64 bits per heavy atom. The first-order valence-corrected chi connectivity index (χ1v) is 3.33. The van der Waals surface area contributed by atoms with E-state index in [9.17, 15) is 9.59 Å². The predicted molar refractivity (Wildman–Crippen MR) is 38.4 cm³/mol. The molecule has 1 heterocycles.